The van der Waals surface area contributed by atoms with Crippen LogP contribution in [0.25, 0.3) is 0 Å². The van der Waals surface area contributed by atoms with E-state index in [9.17, 15) is 43.5 Å². The van der Waals surface area contributed by atoms with E-state index in [2.05, 4.69) is 16.0 Å². The fourth-order valence-corrected chi connectivity index (χ4v) is 10.2. The maximum Gasteiger partial charge on any atom is 0.410 e. The van der Waals surface area contributed by atoms with Gasteiger partial charge in [-0.15, -0.1) is 0 Å². The molecule has 2 aromatic rings. The third-order valence-electron chi connectivity index (χ3n) is 14.9. The molecule has 76 heavy (non-hydrogen) atoms. The number of ether oxygens (including phenoxy) is 3. The van der Waals surface area contributed by atoms with Crippen molar-refractivity contribution in [2.45, 2.75) is 162 Å². The van der Waals surface area contributed by atoms with Crippen molar-refractivity contribution in [3.8, 4) is 0 Å². The van der Waals surface area contributed by atoms with Crippen molar-refractivity contribution < 1.29 is 57.7 Å². The molecule has 2 aliphatic heterocycles. The maximum atomic E-state index is 14.7. The molecule has 0 aliphatic carbocycles. The van der Waals surface area contributed by atoms with Crippen molar-refractivity contribution in [1.29, 1.82) is 0 Å². The molecule has 0 unspecified atom stereocenters. The van der Waals surface area contributed by atoms with Gasteiger partial charge in [-0.1, -0.05) is 104 Å². The second kappa shape index (κ2) is 29.9. The number of imide groups is 1. The zero-order chi connectivity index (χ0) is 56.4. The van der Waals surface area contributed by atoms with Gasteiger partial charge in [-0.3, -0.25) is 43.4 Å². The number of methoxy groups -OCH3 is 2. The van der Waals surface area contributed by atoms with Crippen LogP contribution in [0.3, 0.4) is 0 Å². The molecule has 0 saturated carbocycles. The first-order chi connectivity index (χ1) is 36.1. The van der Waals surface area contributed by atoms with E-state index in [0.717, 1.165) is 0 Å². The van der Waals surface area contributed by atoms with E-state index in [1.54, 1.807) is 80.9 Å². The standard InChI is InChI=1S/C57H85N7O12/c1-13-37(6)51(44(74-11)33-48(68)63-32-20-23-43(63)53(75-12)38(7)54(70)58-39(8)52(69)41-21-16-14-17-22-41)61(9)56(72)49(35(2)3)60-55(71)50(36(4)5)62(10)57(73)76-34-40-25-27-42(28-26-40)59-45(65)24-18-15-19-31-64-46(66)29-30-47(64)67/h14,16-17,21-22,25-30,35-39,43-44,49-53,69H,13,15,18-20,23-24,31-34H2,1-12H3,(H,58,70)(H,59,65)(H,60,71)/t37-,38+,39+,43-,44+,49-,50-,51-,52+,53+/m0/s1. The van der Waals surface area contributed by atoms with E-state index in [-0.39, 0.29) is 72.6 Å². The van der Waals surface area contributed by atoms with Crippen LogP contribution < -0.4 is 16.0 Å². The summed E-state index contributed by atoms with van der Waals surface area (Å²) in [6, 6.07) is 12.3. The average molecular weight is 1060 g/mol. The van der Waals surface area contributed by atoms with E-state index in [4.69, 9.17) is 14.2 Å². The van der Waals surface area contributed by atoms with Crippen LogP contribution in [-0.2, 0) is 54.4 Å². The maximum absolute atomic E-state index is 14.7. The van der Waals surface area contributed by atoms with Gasteiger partial charge < -0.3 is 45.1 Å². The third-order valence-corrected chi connectivity index (χ3v) is 14.9. The summed E-state index contributed by atoms with van der Waals surface area (Å²) < 4.78 is 17.7. The highest BCUT2D eigenvalue weighted by Gasteiger charge is 2.44. The smallest absolute Gasteiger partial charge is 0.410 e. The van der Waals surface area contributed by atoms with Gasteiger partial charge in [-0.2, -0.15) is 0 Å². The van der Waals surface area contributed by atoms with Crippen molar-refractivity contribution in [1.82, 2.24) is 30.2 Å². The van der Waals surface area contributed by atoms with Crippen molar-refractivity contribution in [2.24, 2.45) is 23.7 Å². The molecule has 2 heterocycles. The fourth-order valence-electron chi connectivity index (χ4n) is 10.2. The first-order valence-electron chi connectivity index (χ1n) is 26.8. The number of hydrogen-bond acceptors (Lipinski definition) is 12. The van der Waals surface area contributed by atoms with E-state index in [0.29, 0.717) is 68.4 Å². The second-order valence-electron chi connectivity index (χ2n) is 21.0. The number of amides is 8. The summed E-state index contributed by atoms with van der Waals surface area (Å²) in [4.78, 5) is 112. The molecular weight excluding hydrogens is 975 g/mol. The topological polar surface area (TPSA) is 234 Å². The van der Waals surface area contributed by atoms with E-state index < -0.39 is 66.4 Å². The zero-order valence-corrected chi connectivity index (χ0v) is 46.8. The molecule has 19 nitrogen and oxygen atoms in total. The number of aliphatic hydroxyl groups excluding tert-OH is 1. The number of likely N-dealkylation sites (tertiary alicyclic amines) is 1. The molecule has 0 spiro atoms. The number of carbonyl (C=O) groups excluding carboxylic acids is 8. The number of unbranched alkanes of at least 4 members (excludes halogenated alkanes) is 2. The summed E-state index contributed by atoms with van der Waals surface area (Å²) in [5.74, 6) is -3.82. The summed E-state index contributed by atoms with van der Waals surface area (Å²) in [6.07, 6.45) is 3.48. The van der Waals surface area contributed by atoms with Gasteiger partial charge in [0, 0.05) is 65.7 Å². The summed E-state index contributed by atoms with van der Waals surface area (Å²) in [5, 5.41) is 19.7. The van der Waals surface area contributed by atoms with Crippen molar-refractivity contribution in [2.75, 3.05) is 46.7 Å². The molecule has 420 valence electrons. The molecule has 1 saturated heterocycles. The van der Waals surface area contributed by atoms with E-state index in [1.807, 2.05) is 45.9 Å². The molecule has 0 aromatic heterocycles. The summed E-state index contributed by atoms with van der Waals surface area (Å²) >= 11 is 0. The quantitative estimate of drug-likeness (QED) is 0.0543. The van der Waals surface area contributed by atoms with Crippen molar-refractivity contribution >= 4 is 53.1 Å². The minimum absolute atomic E-state index is 0.0607. The molecular formula is C57H85N7O12. The number of hydrogen-bond donors (Lipinski definition) is 4. The molecule has 0 radical (unpaired) electrons. The van der Waals surface area contributed by atoms with Crippen molar-refractivity contribution in [3.05, 3.63) is 77.9 Å². The number of likely N-dealkylation sites (N-methyl/N-ethyl adjacent to an activating group) is 2. The van der Waals surface area contributed by atoms with Crippen LogP contribution in [-0.4, -0.2) is 156 Å². The van der Waals surface area contributed by atoms with Crippen LogP contribution in [0.1, 0.15) is 124 Å². The lowest BCUT2D eigenvalue weighted by Crippen LogP contribution is -2.60. The molecule has 4 rings (SSSR count). The summed E-state index contributed by atoms with van der Waals surface area (Å²) in [6.45, 7) is 15.4. The Kier molecular flexibility index (Phi) is 24.6. The lowest BCUT2D eigenvalue weighted by molar-refractivity contribution is -0.148. The molecule has 4 N–H and O–H groups in total. The normalized spacial score (nSPS) is 18.1. The number of rotatable bonds is 29. The number of anilines is 1. The summed E-state index contributed by atoms with van der Waals surface area (Å²) in [7, 11) is 6.17. The largest absolute Gasteiger partial charge is 0.445 e. The van der Waals surface area contributed by atoms with Gasteiger partial charge in [0.2, 0.25) is 29.5 Å². The SMILES string of the molecule is CC[C@H](C)[C@@H]([C@@H](CC(=O)N1CCC[C@H]1[C@H](OC)[C@@H](C)C(=O)N[C@H](C)[C@@H](O)c1ccccc1)OC)N(C)C(=O)[C@@H](NC(=O)[C@H](C(C)C)N(C)C(=O)OCc1ccc(NC(=O)CCCCCN2C(=O)C=CC2=O)cc1)C(C)C. The van der Waals surface area contributed by atoms with Crippen LogP contribution in [0.15, 0.2) is 66.7 Å². The Hall–Kier alpha value is -6.18. The molecule has 1 fully saturated rings. The lowest BCUT2D eigenvalue weighted by atomic mass is 9.89. The third kappa shape index (κ3) is 16.9. The van der Waals surface area contributed by atoms with Gasteiger partial charge >= 0.3 is 6.09 Å². The van der Waals surface area contributed by atoms with Gasteiger partial charge in [0.1, 0.15) is 18.7 Å². The number of nitrogens with one attached hydrogen (secondary N) is 3. The number of carbonyl (C=O) groups is 8. The minimum Gasteiger partial charge on any atom is -0.445 e. The highest BCUT2D eigenvalue weighted by molar-refractivity contribution is 6.12. The highest BCUT2D eigenvalue weighted by Crippen LogP contribution is 2.30. The average Bonchev–Trinajstić information content (AvgIpc) is 4.01. The predicted molar refractivity (Wildman–Crippen MR) is 288 cm³/mol. The van der Waals surface area contributed by atoms with E-state index in [1.165, 1.54) is 43.2 Å². The van der Waals surface area contributed by atoms with Gasteiger partial charge in [-0.05, 0) is 73.6 Å². The lowest BCUT2D eigenvalue weighted by Gasteiger charge is -2.41. The van der Waals surface area contributed by atoms with Gasteiger partial charge in [0.15, 0.2) is 0 Å². The molecule has 8 amide bonds. The highest BCUT2D eigenvalue weighted by atomic mass is 16.6. The Labute approximate surface area is 449 Å². The van der Waals surface area contributed by atoms with Gasteiger partial charge in [0.25, 0.3) is 11.8 Å². The molecule has 19 heteroatoms. The Balaban J connectivity index is 1.35. The summed E-state index contributed by atoms with van der Waals surface area (Å²) in [5.41, 5.74) is 1.89. The molecule has 2 aliphatic rings. The van der Waals surface area contributed by atoms with Crippen LogP contribution in [0.2, 0.25) is 0 Å². The Morgan fingerprint density at radius 1 is 0.789 bits per heavy atom. The van der Waals surface area contributed by atoms with Gasteiger partial charge in [-0.25, -0.2) is 4.79 Å². The number of nitrogens with zero attached hydrogens (tertiary/aromatic N) is 4. The molecule has 2 aromatic carbocycles. The Bertz CT molecular complexity index is 2280. The Morgan fingerprint density at radius 2 is 1.43 bits per heavy atom. The Morgan fingerprint density at radius 3 is 2.01 bits per heavy atom. The van der Waals surface area contributed by atoms with Gasteiger partial charge in [0.05, 0.1) is 48.8 Å². The first-order valence-corrected chi connectivity index (χ1v) is 26.8. The number of benzene rings is 2. The van der Waals surface area contributed by atoms with Crippen LogP contribution in [0, 0.1) is 23.7 Å². The van der Waals surface area contributed by atoms with Crippen LogP contribution in [0.4, 0.5) is 10.5 Å². The van der Waals surface area contributed by atoms with Crippen molar-refractivity contribution in [3.63, 3.8) is 0 Å². The monoisotopic (exact) mass is 1060 g/mol. The molecule has 0 bridgehead atoms. The fraction of sp³-hybridized carbons (Fsp3) is 0.614. The van der Waals surface area contributed by atoms with E-state index >= 15 is 0 Å². The number of aliphatic hydroxyl groups is 1. The van der Waals surface area contributed by atoms with Crippen LogP contribution >= 0.6 is 0 Å². The minimum atomic E-state index is -1.01. The first kappa shape index (κ1) is 62.4. The second-order valence-corrected chi connectivity index (χ2v) is 21.0. The predicted octanol–water partition coefficient (Wildman–Crippen LogP) is 6.00. The molecule has 10 atom stereocenters. The zero-order valence-electron chi connectivity index (χ0n) is 46.8. The van der Waals surface area contributed by atoms with Crippen LogP contribution in [0.5, 0.6) is 0 Å².